The highest BCUT2D eigenvalue weighted by molar-refractivity contribution is 7.89. The molecule has 0 amide bonds. The summed E-state index contributed by atoms with van der Waals surface area (Å²) in [5.74, 6) is 0. The highest BCUT2D eigenvalue weighted by Gasteiger charge is 2.28. The molecule has 2 aromatic heterocycles. The van der Waals surface area contributed by atoms with Gasteiger partial charge in [-0.15, -0.1) is 0 Å². The quantitative estimate of drug-likeness (QED) is 0.868. The topological polar surface area (TPSA) is 75.4 Å². The van der Waals surface area contributed by atoms with E-state index in [0.29, 0.717) is 17.9 Å². The van der Waals surface area contributed by atoms with Crippen molar-refractivity contribution in [2.45, 2.75) is 31.8 Å². The molecular weight excluding hydrogens is 310 g/mol. The van der Waals surface area contributed by atoms with Crippen LogP contribution in [0.15, 0.2) is 21.7 Å². The third-order valence-corrected chi connectivity index (χ3v) is 6.07. The molecule has 1 N–H and O–H groups in total. The van der Waals surface area contributed by atoms with Crippen molar-refractivity contribution in [3.8, 4) is 0 Å². The summed E-state index contributed by atoms with van der Waals surface area (Å²) in [7, 11) is -2.04. The van der Waals surface area contributed by atoms with Crippen molar-refractivity contribution in [1.82, 2.24) is 14.1 Å². The number of aryl methyl sites for hydroxylation is 1. The van der Waals surface area contributed by atoms with Gasteiger partial charge in [0.05, 0.1) is 24.5 Å². The third-order valence-electron chi connectivity index (χ3n) is 3.28. The minimum absolute atomic E-state index is 0.0772. The van der Waals surface area contributed by atoms with E-state index in [4.69, 9.17) is 5.11 Å². The molecule has 0 aromatic carbocycles. The van der Waals surface area contributed by atoms with Crippen LogP contribution >= 0.6 is 11.3 Å². The summed E-state index contributed by atoms with van der Waals surface area (Å²) in [6.07, 6.45) is 0. The van der Waals surface area contributed by atoms with Gasteiger partial charge in [-0.3, -0.25) is 4.68 Å². The first kappa shape index (κ1) is 16.2. The molecule has 0 aliphatic carbocycles. The standard InChI is InChI=1S/C13H19N3O3S2/c1-10-13(11(2)16(14-10)5-6-17)21(18,19)15(3)8-12-4-7-20-9-12/h4,7,9,17H,5-6,8H2,1-3H3. The van der Waals surface area contributed by atoms with Crippen molar-refractivity contribution in [1.29, 1.82) is 0 Å². The summed E-state index contributed by atoms with van der Waals surface area (Å²) in [5, 5.41) is 17.1. The zero-order valence-corrected chi connectivity index (χ0v) is 13.9. The molecule has 2 rings (SSSR count). The third kappa shape index (κ3) is 3.18. The van der Waals surface area contributed by atoms with E-state index < -0.39 is 10.0 Å². The van der Waals surface area contributed by atoms with Crippen molar-refractivity contribution in [3.63, 3.8) is 0 Å². The van der Waals surface area contributed by atoms with Crippen molar-refractivity contribution < 1.29 is 13.5 Å². The summed E-state index contributed by atoms with van der Waals surface area (Å²) in [6.45, 7) is 3.92. The van der Waals surface area contributed by atoms with E-state index in [9.17, 15) is 8.42 Å². The lowest BCUT2D eigenvalue weighted by molar-refractivity contribution is 0.267. The van der Waals surface area contributed by atoms with Crippen LogP contribution < -0.4 is 0 Å². The van der Waals surface area contributed by atoms with Crippen LogP contribution in [0.1, 0.15) is 17.0 Å². The van der Waals surface area contributed by atoms with Gasteiger partial charge >= 0.3 is 0 Å². The minimum Gasteiger partial charge on any atom is -0.394 e. The van der Waals surface area contributed by atoms with E-state index in [-0.39, 0.29) is 18.0 Å². The fraction of sp³-hybridized carbons (Fsp3) is 0.462. The number of rotatable bonds is 6. The highest BCUT2D eigenvalue weighted by Crippen LogP contribution is 2.24. The minimum atomic E-state index is -3.60. The number of nitrogens with zero attached hydrogens (tertiary/aromatic N) is 3. The van der Waals surface area contributed by atoms with Gasteiger partial charge in [-0.25, -0.2) is 8.42 Å². The van der Waals surface area contributed by atoms with Crippen molar-refractivity contribution in [2.24, 2.45) is 0 Å². The van der Waals surface area contributed by atoms with Gasteiger partial charge in [0.2, 0.25) is 10.0 Å². The molecule has 0 atom stereocenters. The number of aromatic nitrogens is 2. The van der Waals surface area contributed by atoms with Crippen molar-refractivity contribution in [3.05, 3.63) is 33.8 Å². The van der Waals surface area contributed by atoms with Gasteiger partial charge in [0.15, 0.2) is 0 Å². The Morgan fingerprint density at radius 3 is 2.71 bits per heavy atom. The molecule has 0 saturated heterocycles. The van der Waals surface area contributed by atoms with Crippen LogP contribution in [0.3, 0.4) is 0 Å². The molecule has 21 heavy (non-hydrogen) atoms. The summed E-state index contributed by atoms with van der Waals surface area (Å²) in [6, 6.07) is 1.91. The van der Waals surface area contributed by atoms with E-state index in [1.54, 1.807) is 20.9 Å². The number of thiophene rings is 1. The molecule has 0 spiro atoms. The summed E-state index contributed by atoms with van der Waals surface area (Å²) in [4.78, 5) is 0.230. The lowest BCUT2D eigenvalue weighted by Gasteiger charge is -2.17. The predicted octanol–water partition coefficient (Wildman–Crippen LogP) is 1.37. The molecule has 0 unspecified atom stereocenters. The molecule has 6 nitrogen and oxygen atoms in total. The van der Waals surface area contributed by atoms with Gasteiger partial charge < -0.3 is 5.11 Å². The number of hydrogen-bond acceptors (Lipinski definition) is 5. The van der Waals surface area contributed by atoms with Gasteiger partial charge in [-0.1, -0.05) is 0 Å². The Balaban J connectivity index is 2.35. The molecule has 0 fully saturated rings. The average molecular weight is 329 g/mol. The smallest absolute Gasteiger partial charge is 0.246 e. The van der Waals surface area contributed by atoms with Crippen LogP contribution in [0.2, 0.25) is 0 Å². The molecule has 116 valence electrons. The fourth-order valence-electron chi connectivity index (χ4n) is 2.25. The Kier molecular flexibility index (Phi) is 4.82. The maximum absolute atomic E-state index is 12.7. The zero-order valence-electron chi connectivity index (χ0n) is 12.3. The molecule has 8 heteroatoms. The molecule has 0 aliphatic rings. The zero-order chi connectivity index (χ0) is 15.6. The summed E-state index contributed by atoms with van der Waals surface area (Å²) in [5.41, 5.74) is 1.97. The van der Waals surface area contributed by atoms with E-state index in [1.807, 2.05) is 16.8 Å². The van der Waals surface area contributed by atoms with Gasteiger partial charge in [-0.05, 0) is 36.2 Å². The van der Waals surface area contributed by atoms with E-state index in [0.717, 1.165) is 5.56 Å². The first-order valence-electron chi connectivity index (χ1n) is 6.50. The van der Waals surface area contributed by atoms with E-state index in [1.165, 1.54) is 20.3 Å². The van der Waals surface area contributed by atoms with Gasteiger partial charge in [0.25, 0.3) is 0 Å². The average Bonchev–Trinajstić information content (AvgIpc) is 2.99. The molecule has 2 aromatic rings. The normalized spacial score (nSPS) is 12.2. The Labute approximate surface area is 128 Å². The molecule has 0 saturated carbocycles. The predicted molar refractivity (Wildman–Crippen MR) is 81.8 cm³/mol. The lowest BCUT2D eigenvalue weighted by atomic mass is 10.3. The number of hydrogen-bond donors (Lipinski definition) is 1. The van der Waals surface area contributed by atoms with Crippen LogP contribution in [0.4, 0.5) is 0 Å². The largest absolute Gasteiger partial charge is 0.394 e. The van der Waals surface area contributed by atoms with Crippen molar-refractivity contribution >= 4 is 21.4 Å². The van der Waals surface area contributed by atoms with Crippen LogP contribution in [0.25, 0.3) is 0 Å². The van der Waals surface area contributed by atoms with E-state index in [2.05, 4.69) is 5.10 Å². The Morgan fingerprint density at radius 1 is 1.43 bits per heavy atom. The fourth-order valence-corrected chi connectivity index (χ4v) is 4.43. The monoisotopic (exact) mass is 329 g/mol. The van der Waals surface area contributed by atoms with Gasteiger partial charge in [0.1, 0.15) is 4.90 Å². The Bertz CT molecular complexity index is 705. The second-order valence-corrected chi connectivity index (χ2v) is 7.60. The number of sulfonamides is 1. The molecule has 2 heterocycles. The molecule has 0 radical (unpaired) electrons. The maximum atomic E-state index is 12.7. The molecule has 0 aliphatic heterocycles. The summed E-state index contributed by atoms with van der Waals surface area (Å²) < 4.78 is 28.3. The van der Waals surface area contributed by atoms with Crippen LogP contribution in [-0.4, -0.2) is 41.3 Å². The molecular formula is C13H19N3O3S2. The second kappa shape index (κ2) is 6.27. The Hall–Kier alpha value is -1.22. The number of aliphatic hydroxyl groups is 1. The SMILES string of the molecule is Cc1nn(CCO)c(C)c1S(=O)(=O)N(C)Cc1ccsc1. The maximum Gasteiger partial charge on any atom is 0.246 e. The van der Waals surface area contributed by atoms with Gasteiger partial charge in [0, 0.05) is 13.6 Å². The molecule has 0 bridgehead atoms. The Morgan fingerprint density at radius 2 is 2.14 bits per heavy atom. The summed E-state index contributed by atoms with van der Waals surface area (Å²) >= 11 is 1.54. The van der Waals surface area contributed by atoms with E-state index >= 15 is 0 Å². The lowest BCUT2D eigenvalue weighted by Crippen LogP contribution is -2.27. The van der Waals surface area contributed by atoms with Gasteiger partial charge in [-0.2, -0.15) is 20.7 Å². The van der Waals surface area contributed by atoms with Crippen molar-refractivity contribution in [2.75, 3.05) is 13.7 Å². The highest BCUT2D eigenvalue weighted by atomic mass is 32.2. The number of aliphatic hydroxyl groups excluding tert-OH is 1. The van der Waals surface area contributed by atoms with Crippen LogP contribution in [0.5, 0.6) is 0 Å². The van der Waals surface area contributed by atoms with Crippen LogP contribution in [-0.2, 0) is 23.1 Å². The van der Waals surface area contributed by atoms with Crippen LogP contribution in [0, 0.1) is 13.8 Å². The first-order valence-corrected chi connectivity index (χ1v) is 8.88. The second-order valence-electron chi connectivity index (χ2n) is 4.84. The first-order chi connectivity index (χ1) is 9.87.